The molecule has 1 aromatic carbocycles. The number of hydrogen-bond acceptors (Lipinski definition) is 5. The number of carbonyl (C=O) groups is 1. The summed E-state index contributed by atoms with van der Waals surface area (Å²) in [5, 5.41) is 0. The van der Waals surface area contributed by atoms with Crippen molar-refractivity contribution >= 4 is 22.0 Å². The lowest BCUT2D eigenvalue weighted by molar-refractivity contribution is -0.0389. The summed E-state index contributed by atoms with van der Waals surface area (Å²) in [7, 11) is 1.69. The number of amides is 1. The maximum absolute atomic E-state index is 12.7. The molecule has 0 N–H and O–H groups in total. The quantitative estimate of drug-likeness (QED) is 0.668. The molecule has 2 saturated heterocycles. The Bertz CT molecular complexity index is 859. The van der Waals surface area contributed by atoms with Gasteiger partial charge in [-0.15, -0.1) is 0 Å². The average Bonchev–Trinajstić information content (AvgIpc) is 3.34. The first-order valence-corrected chi connectivity index (χ1v) is 10.5. The molecular weight excluding hydrogens is 414 g/mol. The van der Waals surface area contributed by atoms with Gasteiger partial charge in [0.1, 0.15) is 12.2 Å². The molecule has 1 amide bonds. The summed E-state index contributed by atoms with van der Waals surface area (Å²) in [4.78, 5) is 14.6. The zero-order valence-corrected chi connectivity index (χ0v) is 17.0. The molecule has 2 aliphatic carbocycles. The van der Waals surface area contributed by atoms with Crippen molar-refractivity contribution in [2.24, 2.45) is 5.92 Å². The molecule has 1 spiro atoms. The summed E-state index contributed by atoms with van der Waals surface area (Å²) in [6.07, 6.45) is 2.92. The molecule has 1 aromatic rings. The van der Waals surface area contributed by atoms with Gasteiger partial charge in [-0.25, -0.2) is 4.79 Å². The van der Waals surface area contributed by atoms with Crippen LogP contribution >= 0.6 is 15.9 Å². The highest BCUT2D eigenvalue weighted by atomic mass is 79.9. The SMILES string of the molecule is CCOC(=O)N1CC[C@]23c4c5c(Br)cc(OC)c4O[C@H]2C2O[C@H]2C[C@H]3[C@@H]1C5. The minimum Gasteiger partial charge on any atom is -0.493 e. The van der Waals surface area contributed by atoms with Gasteiger partial charge < -0.3 is 23.8 Å². The molecule has 27 heavy (non-hydrogen) atoms. The molecule has 3 heterocycles. The third-order valence-corrected chi connectivity index (χ3v) is 8.06. The van der Waals surface area contributed by atoms with Crippen molar-refractivity contribution in [1.29, 1.82) is 0 Å². The fourth-order valence-electron chi connectivity index (χ4n) is 6.35. The average molecular weight is 436 g/mol. The number of likely N-dealkylation sites (tertiary alicyclic amines) is 1. The van der Waals surface area contributed by atoms with Crippen LogP contribution in [0.1, 0.15) is 30.9 Å². The van der Waals surface area contributed by atoms with Gasteiger partial charge in [0.15, 0.2) is 11.5 Å². The highest BCUT2D eigenvalue weighted by Crippen LogP contribution is 2.67. The van der Waals surface area contributed by atoms with Crippen LogP contribution in [0.15, 0.2) is 10.5 Å². The highest BCUT2D eigenvalue weighted by Gasteiger charge is 2.72. The fourth-order valence-corrected chi connectivity index (χ4v) is 6.92. The summed E-state index contributed by atoms with van der Waals surface area (Å²) < 4.78 is 24.6. The molecule has 1 saturated carbocycles. The van der Waals surface area contributed by atoms with Crippen molar-refractivity contribution in [1.82, 2.24) is 4.90 Å². The number of ether oxygens (including phenoxy) is 4. The van der Waals surface area contributed by atoms with E-state index in [-0.39, 0.29) is 35.9 Å². The Kier molecular flexibility index (Phi) is 3.25. The van der Waals surface area contributed by atoms with Gasteiger partial charge in [-0.05, 0) is 43.7 Å². The fraction of sp³-hybridized carbons (Fsp3) is 0.650. The second-order valence-electron chi connectivity index (χ2n) is 8.22. The first-order chi connectivity index (χ1) is 13.1. The van der Waals surface area contributed by atoms with E-state index in [1.165, 1.54) is 11.1 Å². The van der Waals surface area contributed by atoms with Crippen LogP contribution in [0.4, 0.5) is 4.79 Å². The van der Waals surface area contributed by atoms with E-state index < -0.39 is 0 Å². The zero-order chi connectivity index (χ0) is 18.5. The summed E-state index contributed by atoms with van der Waals surface area (Å²) >= 11 is 3.76. The van der Waals surface area contributed by atoms with E-state index in [0.29, 0.717) is 19.1 Å². The van der Waals surface area contributed by atoms with Crippen LogP contribution in [0.2, 0.25) is 0 Å². The van der Waals surface area contributed by atoms with E-state index in [9.17, 15) is 4.79 Å². The molecule has 3 aliphatic heterocycles. The Labute approximate surface area is 166 Å². The Morgan fingerprint density at radius 1 is 1.48 bits per heavy atom. The lowest BCUT2D eigenvalue weighted by Gasteiger charge is -2.56. The Morgan fingerprint density at radius 2 is 2.33 bits per heavy atom. The summed E-state index contributed by atoms with van der Waals surface area (Å²) in [6, 6.07) is 2.12. The second kappa shape index (κ2) is 5.32. The molecule has 6 atom stereocenters. The van der Waals surface area contributed by atoms with E-state index in [2.05, 4.69) is 15.9 Å². The van der Waals surface area contributed by atoms with E-state index in [1.807, 2.05) is 17.9 Å². The monoisotopic (exact) mass is 435 g/mol. The maximum Gasteiger partial charge on any atom is 0.410 e. The minimum atomic E-state index is -0.194. The molecule has 1 unspecified atom stereocenters. The molecular formula is C20H22BrNO5. The van der Waals surface area contributed by atoms with Crippen LogP contribution in [-0.4, -0.2) is 55.6 Å². The van der Waals surface area contributed by atoms with Crippen molar-refractivity contribution in [2.45, 2.75) is 56.0 Å². The van der Waals surface area contributed by atoms with Crippen LogP contribution in [0.5, 0.6) is 11.5 Å². The number of carbonyl (C=O) groups excluding carboxylic acids is 1. The van der Waals surface area contributed by atoms with E-state index in [4.69, 9.17) is 18.9 Å². The van der Waals surface area contributed by atoms with Crippen LogP contribution in [0, 0.1) is 5.92 Å². The number of piperidine rings is 1. The molecule has 0 radical (unpaired) electrons. The third-order valence-electron chi connectivity index (χ3n) is 7.35. The number of nitrogens with zero attached hydrogens (tertiary/aromatic N) is 1. The lowest BCUT2D eigenvalue weighted by atomic mass is 9.52. The predicted octanol–water partition coefficient (Wildman–Crippen LogP) is 3.03. The van der Waals surface area contributed by atoms with E-state index in [1.54, 1.807) is 7.11 Å². The Balaban J connectivity index is 1.55. The maximum atomic E-state index is 12.7. The Morgan fingerprint density at radius 3 is 3.11 bits per heavy atom. The number of hydrogen-bond donors (Lipinski definition) is 0. The number of rotatable bonds is 2. The predicted molar refractivity (Wildman–Crippen MR) is 99.4 cm³/mol. The smallest absolute Gasteiger partial charge is 0.410 e. The normalized spacial score (nSPS) is 39.2. The van der Waals surface area contributed by atoms with Crippen LogP contribution in [0.3, 0.4) is 0 Å². The molecule has 3 fully saturated rings. The van der Waals surface area contributed by atoms with Gasteiger partial charge in [0.05, 0.1) is 19.8 Å². The molecule has 144 valence electrons. The number of methoxy groups -OCH3 is 1. The highest BCUT2D eigenvalue weighted by molar-refractivity contribution is 9.10. The van der Waals surface area contributed by atoms with Gasteiger partial charge in [-0.2, -0.15) is 0 Å². The van der Waals surface area contributed by atoms with Gasteiger partial charge in [-0.3, -0.25) is 0 Å². The zero-order valence-electron chi connectivity index (χ0n) is 15.4. The molecule has 6 nitrogen and oxygen atoms in total. The minimum absolute atomic E-state index is 0.0188. The van der Waals surface area contributed by atoms with Crippen LogP contribution in [0.25, 0.3) is 0 Å². The van der Waals surface area contributed by atoms with E-state index in [0.717, 1.165) is 35.2 Å². The van der Waals surface area contributed by atoms with Gasteiger partial charge in [0.2, 0.25) is 0 Å². The lowest BCUT2D eigenvalue weighted by Crippen LogP contribution is -2.66. The third kappa shape index (κ3) is 1.87. The summed E-state index contributed by atoms with van der Waals surface area (Å²) in [5.41, 5.74) is 2.46. The van der Waals surface area contributed by atoms with Crippen molar-refractivity contribution in [2.75, 3.05) is 20.3 Å². The van der Waals surface area contributed by atoms with Crippen LogP contribution in [-0.2, 0) is 21.3 Å². The van der Waals surface area contributed by atoms with Gasteiger partial charge in [-0.1, -0.05) is 15.9 Å². The second-order valence-corrected chi connectivity index (χ2v) is 9.07. The molecule has 6 rings (SSSR count). The molecule has 5 aliphatic rings. The van der Waals surface area contributed by atoms with Crippen molar-refractivity contribution in [3.05, 3.63) is 21.7 Å². The first-order valence-electron chi connectivity index (χ1n) is 9.75. The van der Waals surface area contributed by atoms with Crippen molar-refractivity contribution in [3.63, 3.8) is 0 Å². The van der Waals surface area contributed by atoms with Crippen molar-refractivity contribution < 1.29 is 23.7 Å². The van der Waals surface area contributed by atoms with Crippen LogP contribution < -0.4 is 9.47 Å². The molecule has 2 bridgehead atoms. The topological polar surface area (TPSA) is 60.5 Å². The standard InChI is InChI=1S/C20H22BrNO5/c1-3-25-19(23)22-5-4-20-10-7-14-17(26-14)18(20)27-16-13(24-2)8-11(21)9(15(16)20)6-12(10)22/h8,10,12,14,17-18H,3-7H2,1-2H3/t10-,12-,14-,17?,18-,20-/m0/s1. The largest absolute Gasteiger partial charge is 0.493 e. The Hall–Kier alpha value is -1.47. The van der Waals surface area contributed by atoms with Gasteiger partial charge >= 0.3 is 6.09 Å². The van der Waals surface area contributed by atoms with E-state index >= 15 is 0 Å². The first kappa shape index (κ1) is 16.5. The van der Waals surface area contributed by atoms with Crippen molar-refractivity contribution in [3.8, 4) is 11.5 Å². The number of fused-ring (bicyclic) bond motifs is 2. The molecule has 0 aromatic heterocycles. The number of epoxide rings is 1. The number of halogens is 1. The summed E-state index contributed by atoms with van der Waals surface area (Å²) in [5.74, 6) is 2.01. The van der Waals surface area contributed by atoms with Gasteiger partial charge in [0.25, 0.3) is 0 Å². The molecule has 7 heteroatoms. The van der Waals surface area contributed by atoms with Gasteiger partial charge in [0, 0.05) is 28.0 Å². The summed E-state index contributed by atoms with van der Waals surface area (Å²) in [6.45, 7) is 2.96. The number of benzene rings is 1.